The van der Waals surface area contributed by atoms with Crippen molar-refractivity contribution in [3.63, 3.8) is 0 Å². The standard InChI is InChI=1S/C15H12ClN3O3/c1-21-14(20)22-15(5-4-11-8-18-9-19(11)15)12-3-2-10(7-17)6-13(12)16/h2-3,6,8-9H,4-5H2,1H3. The number of carbonyl (C=O) groups excluding carboxylic acids is 1. The number of ether oxygens (including phenoxy) is 2. The molecule has 1 aliphatic rings. The number of halogens is 1. The highest BCUT2D eigenvalue weighted by Crippen LogP contribution is 2.42. The fraction of sp³-hybridized carbons (Fsp3) is 0.267. The molecule has 3 rings (SSSR count). The number of methoxy groups -OCH3 is 1. The maximum absolute atomic E-state index is 11.7. The average Bonchev–Trinajstić information content (AvgIpc) is 3.11. The number of hydrogen-bond acceptors (Lipinski definition) is 5. The molecular weight excluding hydrogens is 306 g/mol. The summed E-state index contributed by atoms with van der Waals surface area (Å²) in [5.41, 5.74) is 0.856. The number of hydrogen-bond donors (Lipinski definition) is 0. The van der Waals surface area contributed by atoms with Gasteiger partial charge in [-0.15, -0.1) is 0 Å². The van der Waals surface area contributed by atoms with E-state index >= 15 is 0 Å². The summed E-state index contributed by atoms with van der Waals surface area (Å²) >= 11 is 6.32. The molecule has 6 nitrogen and oxygen atoms in total. The van der Waals surface area contributed by atoms with Gasteiger partial charge in [-0.1, -0.05) is 17.7 Å². The zero-order valence-corrected chi connectivity index (χ0v) is 12.5. The van der Waals surface area contributed by atoms with Crippen molar-refractivity contribution in [1.29, 1.82) is 5.26 Å². The molecule has 0 saturated heterocycles. The van der Waals surface area contributed by atoms with E-state index in [-0.39, 0.29) is 0 Å². The van der Waals surface area contributed by atoms with Crippen LogP contribution in [-0.4, -0.2) is 22.8 Å². The summed E-state index contributed by atoms with van der Waals surface area (Å²) < 4.78 is 12.0. The fourth-order valence-corrected chi connectivity index (χ4v) is 3.08. The molecule has 0 spiro atoms. The van der Waals surface area contributed by atoms with Crippen molar-refractivity contribution in [2.75, 3.05) is 7.11 Å². The van der Waals surface area contributed by atoms with Crippen molar-refractivity contribution in [2.45, 2.75) is 18.6 Å². The highest BCUT2D eigenvalue weighted by Gasteiger charge is 2.45. The molecule has 22 heavy (non-hydrogen) atoms. The van der Waals surface area contributed by atoms with Gasteiger partial charge in [-0.05, 0) is 18.6 Å². The Morgan fingerprint density at radius 1 is 1.55 bits per heavy atom. The van der Waals surface area contributed by atoms with E-state index in [0.717, 1.165) is 5.69 Å². The second-order valence-electron chi connectivity index (χ2n) is 4.90. The summed E-state index contributed by atoms with van der Waals surface area (Å²) in [7, 11) is 1.25. The highest BCUT2D eigenvalue weighted by atomic mass is 35.5. The molecule has 1 aliphatic heterocycles. The number of rotatable bonds is 2. The molecule has 2 heterocycles. The predicted molar refractivity (Wildman–Crippen MR) is 77.3 cm³/mol. The number of nitrogens with zero attached hydrogens (tertiary/aromatic N) is 3. The van der Waals surface area contributed by atoms with Gasteiger partial charge in [-0.3, -0.25) is 4.57 Å². The Hall–Kier alpha value is -2.52. The molecule has 1 aromatic carbocycles. The fourth-order valence-electron chi connectivity index (χ4n) is 2.75. The van der Waals surface area contributed by atoms with Gasteiger partial charge >= 0.3 is 6.16 Å². The minimum atomic E-state index is -1.11. The van der Waals surface area contributed by atoms with Crippen LogP contribution in [0, 0.1) is 11.3 Å². The lowest BCUT2D eigenvalue weighted by Gasteiger charge is -2.31. The van der Waals surface area contributed by atoms with Gasteiger partial charge in [0.25, 0.3) is 0 Å². The molecule has 0 bridgehead atoms. The SMILES string of the molecule is COC(=O)OC1(c2ccc(C#N)cc2Cl)CCc2cncn21. The third-order valence-electron chi connectivity index (χ3n) is 3.76. The monoisotopic (exact) mass is 317 g/mol. The summed E-state index contributed by atoms with van der Waals surface area (Å²) in [5.74, 6) is 0. The number of nitriles is 1. The first kappa shape index (κ1) is 14.4. The Bertz CT molecular complexity index is 781. The van der Waals surface area contributed by atoms with Crippen LogP contribution in [0.1, 0.15) is 23.2 Å². The van der Waals surface area contributed by atoms with E-state index < -0.39 is 11.9 Å². The van der Waals surface area contributed by atoms with Crippen molar-refractivity contribution < 1.29 is 14.3 Å². The van der Waals surface area contributed by atoms with Crippen LogP contribution in [0.4, 0.5) is 4.79 Å². The molecule has 1 atom stereocenters. The summed E-state index contributed by atoms with van der Waals surface area (Å²) in [6, 6.07) is 6.91. The summed E-state index contributed by atoms with van der Waals surface area (Å²) in [6.45, 7) is 0. The molecule has 1 unspecified atom stereocenters. The molecule has 0 aliphatic carbocycles. The Morgan fingerprint density at radius 3 is 3.05 bits per heavy atom. The van der Waals surface area contributed by atoms with Gasteiger partial charge in [0, 0.05) is 23.9 Å². The van der Waals surface area contributed by atoms with Gasteiger partial charge in [0.2, 0.25) is 5.72 Å². The van der Waals surface area contributed by atoms with E-state index in [2.05, 4.69) is 9.72 Å². The second-order valence-corrected chi connectivity index (χ2v) is 5.31. The minimum Gasteiger partial charge on any atom is -0.438 e. The van der Waals surface area contributed by atoms with Gasteiger partial charge in [0.1, 0.15) is 0 Å². The maximum Gasteiger partial charge on any atom is 0.510 e. The molecule has 0 saturated carbocycles. The number of imidazole rings is 1. The van der Waals surface area contributed by atoms with Crippen LogP contribution in [0.25, 0.3) is 0 Å². The van der Waals surface area contributed by atoms with Gasteiger partial charge in [-0.25, -0.2) is 9.78 Å². The third-order valence-corrected chi connectivity index (χ3v) is 4.07. The summed E-state index contributed by atoms with van der Waals surface area (Å²) in [6.07, 6.45) is 3.72. The number of aryl methyl sites for hydroxylation is 1. The smallest absolute Gasteiger partial charge is 0.438 e. The average molecular weight is 318 g/mol. The Morgan fingerprint density at radius 2 is 2.36 bits per heavy atom. The van der Waals surface area contributed by atoms with Crippen molar-refractivity contribution >= 4 is 17.8 Å². The number of fused-ring (bicyclic) bond motifs is 1. The Balaban J connectivity index is 2.16. The van der Waals surface area contributed by atoms with Crippen molar-refractivity contribution in [3.05, 3.63) is 52.6 Å². The van der Waals surface area contributed by atoms with Gasteiger partial charge in [0.05, 0.1) is 30.1 Å². The van der Waals surface area contributed by atoms with Crippen LogP contribution in [0.5, 0.6) is 0 Å². The van der Waals surface area contributed by atoms with Crippen LogP contribution in [-0.2, 0) is 21.6 Å². The summed E-state index contributed by atoms with van der Waals surface area (Å²) in [4.78, 5) is 15.8. The number of benzene rings is 1. The predicted octanol–water partition coefficient (Wildman–Crippen LogP) is 2.84. The van der Waals surface area contributed by atoms with Gasteiger partial charge in [0.15, 0.2) is 0 Å². The van der Waals surface area contributed by atoms with Crippen molar-refractivity contribution in [1.82, 2.24) is 9.55 Å². The lowest BCUT2D eigenvalue weighted by Crippen LogP contribution is -2.37. The molecular formula is C15H12ClN3O3. The van der Waals surface area contributed by atoms with E-state index in [1.807, 2.05) is 6.07 Å². The topological polar surface area (TPSA) is 77.1 Å². The van der Waals surface area contributed by atoms with Gasteiger partial charge < -0.3 is 9.47 Å². The molecule has 0 amide bonds. The highest BCUT2D eigenvalue weighted by molar-refractivity contribution is 6.31. The second kappa shape index (κ2) is 5.35. The summed E-state index contributed by atoms with van der Waals surface area (Å²) in [5, 5.41) is 9.31. The van der Waals surface area contributed by atoms with E-state index in [9.17, 15) is 4.79 Å². The normalized spacial score (nSPS) is 19.3. The first-order valence-electron chi connectivity index (χ1n) is 6.59. The van der Waals surface area contributed by atoms with Crippen LogP contribution < -0.4 is 0 Å². The first-order chi connectivity index (χ1) is 10.6. The largest absolute Gasteiger partial charge is 0.510 e. The van der Waals surface area contributed by atoms with Crippen LogP contribution >= 0.6 is 11.6 Å². The molecule has 0 radical (unpaired) electrons. The van der Waals surface area contributed by atoms with Crippen molar-refractivity contribution in [2.24, 2.45) is 0 Å². The first-order valence-corrected chi connectivity index (χ1v) is 6.97. The number of carbonyl (C=O) groups is 1. The molecule has 112 valence electrons. The molecule has 1 aromatic heterocycles. The molecule has 7 heteroatoms. The third kappa shape index (κ3) is 2.11. The van der Waals surface area contributed by atoms with Crippen LogP contribution in [0.3, 0.4) is 0 Å². The van der Waals surface area contributed by atoms with Crippen LogP contribution in [0.2, 0.25) is 5.02 Å². The van der Waals surface area contributed by atoms with E-state index in [4.69, 9.17) is 21.6 Å². The Labute approximate surface area is 131 Å². The zero-order chi connectivity index (χ0) is 15.7. The zero-order valence-electron chi connectivity index (χ0n) is 11.7. The van der Waals surface area contributed by atoms with Crippen LogP contribution in [0.15, 0.2) is 30.7 Å². The van der Waals surface area contributed by atoms with E-state index in [1.165, 1.54) is 7.11 Å². The molecule has 2 aromatic rings. The number of aromatic nitrogens is 2. The van der Waals surface area contributed by atoms with E-state index in [1.54, 1.807) is 35.3 Å². The molecule has 0 fully saturated rings. The minimum absolute atomic E-state index is 0.351. The lowest BCUT2D eigenvalue weighted by molar-refractivity contribution is -0.0459. The lowest BCUT2D eigenvalue weighted by atomic mass is 9.98. The Kier molecular flexibility index (Phi) is 3.51. The molecule has 0 N–H and O–H groups in total. The maximum atomic E-state index is 11.7. The van der Waals surface area contributed by atoms with Crippen molar-refractivity contribution in [3.8, 4) is 6.07 Å². The van der Waals surface area contributed by atoms with E-state index in [0.29, 0.717) is 29.0 Å². The quantitative estimate of drug-likeness (QED) is 0.796. The van der Waals surface area contributed by atoms with Gasteiger partial charge in [-0.2, -0.15) is 5.26 Å².